The van der Waals surface area contributed by atoms with Crippen LogP contribution in [0.25, 0.3) is 0 Å². The van der Waals surface area contributed by atoms with Gasteiger partial charge in [-0.1, -0.05) is 12.1 Å². The minimum Gasteiger partial charge on any atom is -0.462 e. The van der Waals surface area contributed by atoms with Crippen LogP contribution in [0.4, 0.5) is 18.9 Å². The van der Waals surface area contributed by atoms with Crippen molar-refractivity contribution < 1.29 is 32.2 Å². The van der Waals surface area contributed by atoms with E-state index >= 15 is 0 Å². The Bertz CT molecular complexity index is 1010. The highest BCUT2D eigenvalue weighted by Gasteiger charge is 2.36. The summed E-state index contributed by atoms with van der Waals surface area (Å²) in [7, 11) is 0. The zero-order valence-corrected chi connectivity index (χ0v) is 15.3. The molecule has 1 heterocycles. The summed E-state index contributed by atoms with van der Waals surface area (Å²) >= 11 is 0. The molecule has 0 saturated carbocycles. The summed E-state index contributed by atoms with van der Waals surface area (Å²) in [5.74, 6) is -1.60. The fourth-order valence-corrected chi connectivity index (χ4v) is 3.13. The van der Waals surface area contributed by atoms with Gasteiger partial charge in [-0.15, -0.1) is 0 Å². The lowest BCUT2D eigenvalue weighted by Gasteiger charge is -2.12. The SMILES string of the molecule is CCOC(=O)c1c(C)cc2c(c1C)/C(=N/c1ccccc1C(F)(F)F)OC2=O. The van der Waals surface area contributed by atoms with Crippen molar-refractivity contribution in [3.05, 3.63) is 63.7 Å². The second-order valence-corrected chi connectivity index (χ2v) is 6.16. The molecule has 0 radical (unpaired) electrons. The summed E-state index contributed by atoms with van der Waals surface area (Å²) < 4.78 is 49.9. The van der Waals surface area contributed by atoms with Crippen LogP contribution in [-0.4, -0.2) is 24.4 Å². The van der Waals surface area contributed by atoms with Gasteiger partial charge in [0, 0.05) is 0 Å². The highest BCUT2D eigenvalue weighted by Crippen LogP contribution is 2.38. The molecule has 0 amide bonds. The third kappa shape index (κ3) is 3.37. The van der Waals surface area contributed by atoms with Crippen LogP contribution in [0, 0.1) is 13.8 Å². The van der Waals surface area contributed by atoms with Gasteiger partial charge in [-0.3, -0.25) is 0 Å². The summed E-state index contributed by atoms with van der Waals surface area (Å²) in [6.07, 6.45) is -4.62. The summed E-state index contributed by atoms with van der Waals surface area (Å²) in [5, 5.41) is 0. The summed E-state index contributed by atoms with van der Waals surface area (Å²) in [4.78, 5) is 28.5. The Morgan fingerprint density at radius 3 is 2.54 bits per heavy atom. The van der Waals surface area contributed by atoms with E-state index in [0.717, 1.165) is 6.07 Å². The molecule has 0 atom stereocenters. The van der Waals surface area contributed by atoms with Gasteiger partial charge in [-0.25, -0.2) is 14.6 Å². The molecule has 28 heavy (non-hydrogen) atoms. The van der Waals surface area contributed by atoms with Crippen molar-refractivity contribution in [2.24, 2.45) is 4.99 Å². The zero-order chi connectivity index (χ0) is 20.6. The van der Waals surface area contributed by atoms with Crippen LogP contribution in [0.1, 0.15) is 49.9 Å². The Morgan fingerprint density at radius 2 is 1.89 bits per heavy atom. The van der Waals surface area contributed by atoms with Gasteiger partial charge in [-0.05, 0) is 50.1 Å². The average Bonchev–Trinajstić information content (AvgIpc) is 2.90. The van der Waals surface area contributed by atoms with Crippen molar-refractivity contribution in [2.75, 3.05) is 6.61 Å². The number of ether oxygens (including phenoxy) is 2. The first kappa shape index (κ1) is 19.6. The van der Waals surface area contributed by atoms with Crippen molar-refractivity contribution in [3.63, 3.8) is 0 Å². The van der Waals surface area contributed by atoms with Gasteiger partial charge in [0.05, 0.1) is 34.5 Å². The van der Waals surface area contributed by atoms with Crippen molar-refractivity contribution in [1.29, 1.82) is 0 Å². The largest absolute Gasteiger partial charge is 0.462 e. The number of nitrogens with zero attached hydrogens (tertiary/aromatic N) is 1. The molecular formula is C20H16F3NO4. The number of aryl methyl sites for hydroxylation is 1. The third-order valence-electron chi connectivity index (χ3n) is 4.31. The molecule has 2 aromatic carbocycles. The van der Waals surface area contributed by atoms with Crippen LogP contribution in [-0.2, 0) is 15.7 Å². The first-order chi connectivity index (χ1) is 13.1. The first-order valence-electron chi connectivity index (χ1n) is 8.44. The molecule has 2 aromatic rings. The maximum Gasteiger partial charge on any atom is 0.418 e. The second-order valence-electron chi connectivity index (χ2n) is 6.16. The number of para-hydroxylation sites is 1. The van der Waals surface area contributed by atoms with E-state index in [0.29, 0.717) is 11.1 Å². The zero-order valence-electron chi connectivity index (χ0n) is 15.3. The van der Waals surface area contributed by atoms with Gasteiger partial charge in [0.25, 0.3) is 0 Å². The fourth-order valence-electron chi connectivity index (χ4n) is 3.13. The number of carbonyl (C=O) groups is 2. The number of esters is 2. The van der Waals surface area contributed by atoms with Gasteiger partial charge in [0.1, 0.15) is 0 Å². The molecule has 0 saturated heterocycles. The molecular weight excluding hydrogens is 375 g/mol. The molecule has 0 unspecified atom stereocenters. The summed E-state index contributed by atoms with van der Waals surface area (Å²) in [6.45, 7) is 5.03. The fraction of sp³-hybridized carbons (Fsp3) is 0.250. The van der Waals surface area contributed by atoms with E-state index in [1.54, 1.807) is 20.8 Å². The lowest BCUT2D eigenvalue weighted by molar-refractivity contribution is -0.137. The van der Waals surface area contributed by atoms with Gasteiger partial charge in [0.15, 0.2) is 0 Å². The number of benzene rings is 2. The topological polar surface area (TPSA) is 65.0 Å². The monoisotopic (exact) mass is 391 g/mol. The van der Waals surface area contributed by atoms with Crippen LogP contribution in [0.5, 0.6) is 0 Å². The predicted octanol–water partition coefficient (Wildman–Crippen LogP) is 4.75. The van der Waals surface area contributed by atoms with Crippen molar-refractivity contribution in [2.45, 2.75) is 26.9 Å². The summed E-state index contributed by atoms with van der Waals surface area (Å²) in [5.41, 5.74) is 0.0921. The van der Waals surface area contributed by atoms with E-state index in [1.165, 1.54) is 24.3 Å². The van der Waals surface area contributed by atoms with Crippen molar-refractivity contribution in [1.82, 2.24) is 0 Å². The molecule has 0 bridgehead atoms. The molecule has 146 valence electrons. The predicted molar refractivity (Wildman–Crippen MR) is 94.9 cm³/mol. The average molecular weight is 391 g/mol. The van der Waals surface area contributed by atoms with Gasteiger partial charge in [0.2, 0.25) is 5.90 Å². The Balaban J connectivity index is 2.20. The van der Waals surface area contributed by atoms with Crippen LogP contribution in [0.2, 0.25) is 0 Å². The molecule has 0 fully saturated rings. The molecule has 0 aliphatic carbocycles. The van der Waals surface area contributed by atoms with E-state index in [4.69, 9.17) is 9.47 Å². The number of halogens is 3. The van der Waals surface area contributed by atoms with Gasteiger partial charge in [-0.2, -0.15) is 13.2 Å². The maximum absolute atomic E-state index is 13.2. The van der Waals surface area contributed by atoms with Crippen LogP contribution in [0.3, 0.4) is 0 Å². The molecule has 0 aromatic heterocycles. The molecule has 5 nitrogen and oxygen atoms in total. The Morgan fingerprint density at radius 1 is 1.21 bits per heavy atom. The van der Waals surface area contributed by atoms with E-state index in [1.807, 2.05) is 0 Å². The van der Waals surface area contributed by atoms with Gasteiger partial charge >= 0.3 is 18.1 Å². The molecule has 0 N–H and O–H groups in total. The standard InChI is InChI=1S/C20H16F3NO4/c1-4-27-19(26)15-10(2)9-12-16(11(15)3)17(28-18(12)25)24-14-8-6-5-7-13(14)20(21,22)23/h5-9H,4H2,1-3H3/b24-17-. The van der Waals surface area contributed by atoms with Gasteiger partial charge < -0.3 is 9.47 Å². The number of hydrogen-bond acceptors (Lipinski definition) is 5. The highest BCUT2D eigenvalue weighted by molar-refractivity contribution is 6.19. The molecule has 0 spiro atoms. The Labute approximate surface area is 158 Å². The summed E-state index contributed by atoms with van der Waals surface area (Å²) in [6, 6.07) is 6.17. The van der Waals surface area contributed by atoms with Crippen molar-refractivity contribution in [3.8, 4) is 0 Å². The molecule has 1 aliphatic heterocycles. The Kier molecular flexibility index (Phi) is 4.97. The van der Waals surface area contributed by atoms with E-state index in [-0.39, 0.29) is 34.9 Å². The van der Waals surface area contributed by atoms with Crippen molar-refractivity contribution >= 4 is 23.5 Å². The number of aliphatic imine (C=N–C) groups is 1. The number of rotatable bonds is 3. The number of fused-ring (bicyclic) bond motifs is 1. The normalized spacial score (nSPS) is 14.8. The highest BCUT2D eigenvalue weighted by atomic mass is 19.4. The number of cyclic esters (lactones) is 1. The molecule has 3 rings (SSSR count). The second kappa shape index (κ2) is 7.10. The third-order valence-corrected chi connectivity index (χ3v) is 4.31. The minimum absolute atomic E-state index is 0.145. The molecule has 1 aliphatic rings. The number of carbonyl (C=O) groups excluding carboxylic acids is 2. The smallest absolute Gasteiger partial charge is 0.418 e. The van der Waals surface area contributed by atoms with E-state index < -0.39 is 23.7 Å². The number of hydrogen-bond donors (Lipinski definition) is 0. The lowest BCUT2D eigenvalue weighted by atomic mass is 9.93. The van der Waals surface area contributed by atoms with E-state index in [2.05, 4.69) is 4.99 Å². The lowest BCUT2D eigenvalue weighted by Crippen LogP contribution is -2.12. The quantitative estimate of drug-likeness (QED) is 0.709. The maximum atomic E-state index is 13.2. The Hall–Kier alpha value is -3.16. The molecule has 8 heteroatoms. The van der Waals surface area contributed by atoms with E-state index in [9.17, 15) is 22.8 Å². The minimum atomic E-state index is -4.62. The first-order valence-corrected chi connectivity index (χ1v) is 8.44. The number of alkyl halides is 3. The van der Waals surface area contributed by atoms with Crippen LogP contribution in [0.15, 0.2) is 35.3 Å². The van der Waals surface area contributed by atoms with Crippen LogP contribution < -0.4 is 0 Å². The van der Waals surface area contributed by atoms with Crippen LogP contribution >= 0.6 is 0 Å².